The van der Waals surface area contributed by atoms with Crippen molar-refractivity contribution >= 4 is 28.8 Å². The number of nitrogens with zero attached hydrogens (tertiary/aromatic N) is 1. The third-order valence-corrected chi connectivity index (χ3v) is 17.4. The highest BCUT2D eigenvalue weighted by Crippen LogP contribution is 2.89. The highest BCUT2D eigenvalue weighted by Gasteiger charge is 2.84. The predicted molar refractivity (Wildman–Crippen MR) is 233 cm³/mol. The summed E-state index contributed by atoms with van der Waals surface area (Å²) < 4.78 is 0. The molecule has 4 fully saturated rings. The minimum atomic E-state index is 0.0500. The summed E-state index contributed by atoms with van der Waals surface area (Å²) in [5.74, 6) is 3.37. The maximum absolute atomic E-state index is 2.68. The molecule has 5 aliphatic carbocycles. The highest BCUT2D eigenvalue weighted by atomic mass is 32.2. The monoisotopic (exact) mass is 745 g/mol. The molecular formula is C54H51NS. The van der Waals surface area contributed by atoms with Gasteiger partial charge in [-0.2, -0.15) is 0 Å². The Morgan fingerprint density at radius 3 is 1.89 bits per heavy atom. The molecule has 1 aliphatic heterocycles. The molecule has 2 spiro atoms. The van der Waals surface area contributed by atoms with Gasteiger partial charge >= 0.3 is 0 Å². The van der Waals surface area contributed by atoms with E-state index in [4.69, 9.17) is 0 Å². The van der Waals surface area contributed by atoms with Crippen LogP contribution in [0.5, 0.6) is 0 Å². The zero-order chi connectivity index (χ0) is 37.6. The topological polar surface area (TPSA) is 3.24 Å². The summed E-state index contributed by atoms with van der Waals surface area (Å²) >= 11 is 2.05. The third-order valence-electron chi connectivity index (χ3n) is 16.2. The van der Waals surface area contributed by atoms with Gasteiger partial charge in [-0.1, -0.05) is 149 Å². The van der Waals surface area contributed by atoms with E-state index in [9.17, 15) is 0 Å². The molecule has 2 heteroatoms. The molecule has 278 valence electrons. The Labute approximate surface area is 337 Å². The number of benzene rings is 6. The van der Waals surface area contributed by atoms with Crippen LogP contribution in [0.4, 0.5) is 17.1 Å². The fourth-order valence-corrected chi connectivity index (χ4v) is 15.2. The van der Waals surface area contributed by atoms with E-state index in [1.807, 2.05) is 0 Å². The number of hydrogen-bond acceptors (Lipinski definition) is 2. The number of anilines is 3. The second kappa shape index (κ2) is 11.5. The van der Waals surface area contributed by atoms with Gasteiger partial charge in [-0.15, -0.1) is 0 Å². The summed E-state index contributed by atoms with van der Waals surface area (Å²) in [5.41, 5.74) is 16.2. The minimum absolute atomic E-state index is 0.0500. The smallest absolute Gasteiger partial charge is 0.0604 e. The lowest BCUT2D eigenvalue weighted by Gasteiger charge is -2.78. The third kappa shape index (κ3) is 4.30. The molecule has 1 heterocycles. The van der Waals surface area contributed by atoms with Gasteiger partial charge in [0.2, 0.25) is 0 Å². The van der Waals surface area contributed by atoms with Crippen LogP contribution in [0.3, 0.4) is 0 Å². The summed E-state index contributed by atoms with van der Waals surface area (Å²) in [6.07, 6.45) is 8.16. The van der Waals surface area contributed by atoms with E-state index in [0.717, 1.165) is 23.7 Å². The Bertz CT molecular complexity index is 2550. The molecule has 1 nitrogen and oxygen atoms in total. The first-order valence-electron chi connectivity index (χ1n) is 21.3. The highest BCUT2D eigenvalue weighted by molar-refractivity contribution is 7.99. The van der Waals surface area contributed by atoms with Crippen molar-refractivity contribution in [3.63, 3.8) is 0 Å². The van der Waals surface area contributed by atoms with Crippen LogP contribution >= 0.6 is 11.8 Å². The van der Waals surface area contributed by atoms with Crippen molar-refractivity contribution in [1.82, 2.24) is 0 Å². The number of fused-ring (bicyclic) bond motifs is 8. The summed E-state index contributed by atoms with van der Waals surface area (Å²) in [6, 6.07) is 53.6. The maximum atomic E-state index is 2.68. The molecule has 0 amide bonds. The standard InChI is InChI=1S/C54H51NS/c1-51(2)27-28-52(3,4)49-42(51)17-11-19-44(49)55(40-24-21-37(22-25-40)35-13-7-5-8-14-35)45-20-12-18-43-50(45)56-46-31-38(36-15-9-6-10-16-36)23-26-41(46)54(43)47-30-34-29-39-32-48(54)53(39,47)33-34/h5-26,31,34,39,47-48H,27-30,32-33H2,1-4H3. The largest absolute Gasteiger partial charge is 0.309 e. The van der Waals surface area contributed by atoms with Crippen LogP contribution in [0, 0.1) is 29.1 Å². The molecule has 6 aromatic rings. The Hall–Kier alpha value is -4.53. The van der Waals surface area contributed by atoms with Crippen LogP contribution < -0.4 is 4.90 Å². The van der Waals surface area contributed by atoms with Crippen molar-refractivity contribution in [2.24, 2.45) is 29.1 Å². The maximum Gasteiger partial charge on any atom is 0.0604 e. The normalized spacial score (nSPS) is 29.0. The van der Waals surface area contributed by atoms with Gasteiger partial charge in [-0.3, -0.25) is 0 Å². The van der Waals surface area contributed by atoms with E-state index < -0.39 is 0 Å². The lowest BCUT2D eigenvalue weighted by molar-refractivity contribution is -0.235. The van der Waals surface area contributed by atoms with Crippen LogP contribution in [-0.2, 0) is 16.2 Å². The molecule has 4 saturated carbocycles. The number of hydrogen-bond donors (Lipinski definition) is 0. The van der Waals surface area contributed by atoms with E-state index >= 15 is 0 Å². The molecule has 56 heavy (non-hydrogen) atoms. The van der Waals surface area contributed by atoms with Gasteiger partial charge in [-0.05, 0) is 153 Å². The van der Waals surface area contributed by atoms with Crippen LogP contribution in [0.1, 0.15) is 88.5 Å². The molecule has 0 N–H and O–H groups in total. The average Bonchev–Trinajstić information content (AvgIpc) is 3.76. The fraction of sp³-hybridized carbons (Fsp3) is 0.333. The Kier molecular flexibility index (Phi) is 6.92. The molecule has 0 aromatic heterocycles. The Morgan fingerprint density at radius 1 is 0.536 bits per heavy atom. The zero-order valence-corrected chi connectivity index (χ0v) is 34.0. The van der Waals surface area contributed by atoms with E-state index in [2.05, 4.69) is 184 Å². The van der Waals surface area contributed by atoms with Crippen molar-refractivity contribution in [3.8, 4) is 22.3 Å². The van der Waals surface area contributed by atoms with Gasteiger partial charge in [-0.25, -0.2) is 0 Å². The second-order valence-electron chi connectivity index (χ2n) is 19.6. The summed E-state index contributed by atoms with van der Waals surface area (Å²) in [6.45, 7) is 9.90. The minimum Gasteiger partial charge on any atom is -0.309 e. The molecular weight excluding hydrogens is 695 g/mol. The number of rotatable bonds is 5. The van der Waals surface area contributed by atoms with Crippen molar-refractivity contribution in [1.29, 1.82) is 0 Å². The summed E-state index contributed by atoms with van der Waals surface area (Å²) in [4.78, 5) is 5.63. The Balaban J connectivity index is 1.10. The average molecular weight is 746 g/mol. The second-order valence-corrected chi connectivity index (χ2v) is 20.7. The molecule has 6 aliphatic rings. The molecule has 0 radical (unpaired) electrons. The van der Waals surface area contributed by atoms with Crippen LogP contribution in [0.2, 0.25) is 0 Å². The van der Waals surface area contributed by atoms with Crippen LogP contribution in [0.15, 0.2) is 149 Å². The first kappa shape index (κ1) is 33.6. The SMILES string of the molecule is CC1(C)CCC(C)(C)c2c(N(c3ccc(-c4ccccc4)cc3)c3cccc4c3Sc3cc(-c5ccccc5)ccc3C43C4CC5CC6CC3C64C5)cccc21. The molecule has 0 saturated heterocycles. The lowest BCUT2D eigenvalue weighted by atomic mass is 9.26. The quantitative estimate of drug-likeness (QED) is 0.173. The van der Waals surface area contributed by atoms with Gasteiger partial charge in [0.25, 0.3) is 0 Å². The van der Waals surface area contributed by atoms with E-state index in [1.54, 1.807) is 11.1 Å². The molecule has 2 bridgehead atoms. The van der Waals surface area contributed by atoms with Gasteiger partial charge < -0.3 is 4.90 Å². The zero-order valence-electron chi connectivity index (χ0n) is 33.2. The van der Waals surface area contributed by atoms with Gasteiger partial charge in [0.15, 0.2) is 0 Å². The van der Waals surface area contributed by atoms with Crippen LogP contribution in [0.25, 0.3) is 22.3 Å². The summed E-state index contributed by atoms with van der Waals surface area (Å²) in [5, 5.41) is 0. The first-order valence-corrected chi connectivity index (χ1v) is 22.1. The van der Waals surface area contributed by atoms with Crippen LogP contribution in [-0.4, -0.2) is 0 Å². The molecule has 6 atom stereocenters. The lowest BCUT2D eigenvalue weighted by Crippen LogP contribution is -2.74. The van der Waals surface area contributed by atoms with Crippen molar-refractivity contribution in [3.05, 3.63) is 162 Å². The Morgan fingerprint density at radius 2 is 1.16 bits per heavy atom. The van der Waals surface area contributed by atoms with Crippen molar-refractivity contribution in [2.75, 3.05) is 4.90 Å². The van der Waals surface area contributed by atoms with E-state index in [0.29, 0.717) is 5.41 Å². The van der Waals surface area contributed by atoms with Crippen molar-refractivity contribution in [2.45, 2.75) is 92.3 Å². The van der Waals surface area contributed by atoms with Gasteiger partial charge in [0, 0.05) is 20.9 Å². The summed E-state index contributed by atoms with van der Waals surface area (Å²) in [7, 11) is 0. The predicted octanol–water partition coefficient (Wildman–Crippen LogP) is 14.7. The van der Waals surface area contributed by atoms with E-state index in [1.165, 1.54) is 98.8 Å². The molecule has 6 unspecified atom stereocenters. The van der Waals surface area contributed by atoms with Crippen molar-refractivity contribution < 1.29 is 0 Å². The fourth-order valence-electron chi connectivity index (χ4n) is 13.9. The van der Waals surface area contributed by atoms with Gasteiger partial charge in [0.1, 0.15) is 0 Å². The molecule has 12 rings (SSSR count). The first-order chi connectivity index (χ1) is 27.2. The molecule has 6 aromatic carbocycles. The van der Waals surface area contributed by atoms with Gasteiger partial charge in [0.05, 0.1) is 11.4 Å². The van der Waals surface area contributed by atoms with E-state index in [-0.39, 0.29) is 16.2 Å².